The molecule has 0 bridgehead atoms. The van der Waals surface area contributed by atoms with Gasteiger partial charge in [-0.25, -0.2) is 0 Å². The molecule has 0 aromatic carbocycles. The summed E-state index contributed by atoms with van der Waals surface area (Å²) in [5.41, 5.74) is 5.18. The van der Waals surface area contributed by atoms with Crippen molar-refractivity contribution >= 4 is 0 Å². The van der Waals surface area contributed by atoms with Crippen LogP contribution in [0.5, 0.6) is 0 Å². The highest BCUT2D eigenvalue weighted by molar-refractivity contribution is 5.30. The summed E-state index contributed by atoms with van der Waals surface area (Å²) in [7, 11) is 0. The van der Waals surface area contributed by atoms with Gasteiger partial charge in [-0.05, 0) is 25.2 Å². The summed E-state index contributed by atoms with van der Waals surface area (Å²) in [4.78, 5) is 0. The highest BCUT2D eigenvalue weighted by atomic mass is 16.3. The molecule has 3 N–H and O–H groups in total. The summed E-state index contributed by atoms with van der Waals surface area (Å²) in [5.74, 6) is 0. The Balaban J connectivity index is 2.93. The first-order valence-electron chi connectivity index (χ1n) is 3.17. The third-order valence-corrected chi connectivity index (χ3v) is 1.29. The van der Waals surface area contributed by atoms with Crippen molar-refractivity contribution in [2.45, 2.75) is 12.5 Å². The van der Waals surface area contributed by atoms with Crippen molar-refractivity contribution in [3.63, 3.8) is 0 Å². The maximum Gasteiger partial charge on any atom is 0.101 e. The fourth-order valence-corrected chi connectivity index (χ4v) is 0.851. The van der Waals surface area contributed by atoms with Gasteiger partial charge in [-0.15, -0.1) is 0 Å². The van der Waals surface area contributed by atoms with E-state index in [0.717, 1.165) is 0 Å². The molecule has 0 spiro atoms. The van der Waals surface area contributed by atoms with Crippen LogP contribution in [0.4, 0.5) is 0 Å². The fourth-order valence-electron chi connectivity index (χ4n) is 0.851. The lowest BCUT2D eigenvalue weighted by molar-refractivity contribution is 0.163. The number of rotatable bonds is 0. The van der Waals surface area contributed by atoms with Crippen molar-refractivity contribution in [3.05, 3.63) is 36.1 Å². The zero-order chi connectivity index (χ0) is 7.61. The minimum absolute atomic E-state index is 0.593. The van der Waals surface area contributed by atoms with E-state index in [1.54, 1.807) is 37.3 Å². The molecule has 0 aromatic heterocycles. The highest BCUT2D eigenvalue weighted by Crippen LogP contribution is 2.12. The van der Waals surface area contributed by atoms with Crippen LogP contribution in [0.25, 0.3) is 0 Å². The van der Waals surface area contributed by atoms with Gasteiger partial charge in [-0.1, -0.05) is 12.2 Å². The van der Waals surface area contributed by atoms with Crippen LogP contribution < -0.4 is 5.73 Å². The predicted octanol–water partition coefficient (Wildman–Crippen LogP) is 0.706. The monoisotopic (exact) mass is 137 g/mol. The third-order valence-electron chi connectivity index (χ3n) is 1.29. The Bertz CT molecular complexity index is 211. The van der Waals surface area contributed by atoms with E-state index in [4.69, 9.17) is 5.73 Å². The molecule has 1 aliphatic rings. The maximum absolute atomic E-state index is 9.44. The van der Waals surface area contributed by atoms with Crippen LogP contribution in [0.3, 0.4) is 0 Å². The maximum atomic E-state index is 9.44. The van der Waals surface area contributed by atoms with Gasteiger partial charge in [0.15, 0.2) is 0 Å². The van der Waals surface area contributed by atoms with Crippen LogP contribution in [0.2, 0.25) is 0 Å². The summed E-state index contributed by atoms with van der Waals surface area (Å²) in [6.07, 6.45) is 8.61. The normalized spacial score (nSPS) is 31.6. The molecule has 0 aliphatic heterocycles. The van der Waals surface area contributed by atoms with E-state index < -0.39 is 5.60 Å². The van der Waals surface area contributed by atoms with Crippen LogP contribution >= 0.6 is 0 Å². The average Bonchev–Trinajstić information content (AvgIpc) is 1.90. The minimum Gasteiger partial charge on any atom is -0.399 e. The largest absolute Gasteiger partial charge is 0.399 e. The Morgan fingerprint density at radius 3 is 2.90 bits per heavy atom. The molecule has 54 valence electrons. The van der Waals surface area contributed by atoms with Gasteiger partial charge >= 0.3 is 0 Å². The third kappa shape index (κ3) is 1.74. The molecule has 1 atom stereocenters. The summed E-state index contributed by atoms with van der Waals surface area (Å²) >= 11 is 0. The molecule has 2 nitrogen and oxygen atoms in total. The summed E-state index contributed by atoms with van der Waals surface area (Å²) < 4.78 is 0. The second-order valence-corrected chi connectivity index (χ2v) is 2.59. The first-order valence-corrected chi connectivity index (χ1v) is 3.17. The standard InChI is InChI=1S/C8H11NO/c1-8(10)5-3-2-4-7(9)6-8/h2-6,10H,9H2,1H3. The van der Waals surface area contributed by atoms with Gasteiger partial charge in [-0.2, -0.15) is 0 Å². The number of hydrogen-bond acceptors (Lipinski definition) is 2. The van der Waals surface area contributed by atoms with Crippen molar-refractivity contribution in [2.75, 3.05) is 0 Å². The summed E-state index contributed by atoms with van der Waals surface area (Å²) in [6, 6.07) is 0. The van der Waals surface area contributed by atoms with Gasteiger partial charge in [-0.3, -0.25) is 0 Å². The summed E-state index contributed by atoms with van der Waals surface area (Å²) in [5, 5.41) is 9.44. The molecule has 1 aliphatic carbocycles. The zero-order valence-corrected chi connectivity index (χ0v) is 5.91. The number of aliphatic hydroxyl groups is 1. The van der Waals surface area contributed by atoms with E-state index in [2.05, 4.69) is 0 Å². The lowest BCUT2D eigenvalue weighted by atomic mass is 10.1. The molecular weight excluding hydrogens is 126 g/mol. The Hall–Kier alpha value is -1.02. The van der Waals surface area contributed by atoms with E-state index in [1.807, 2.05) is 0 Å². The molecule has 0 radical (unpaired) electrons. The molecule has 1 rings (SSSR count). The van der Waals surface area contributed by atoms with Crippen LogP contribution in [0.15, 0.2) is 36.1 Å². The molecule has 0 fully saturated rings. The van der Waals surface area contributed by atoms with E-state index >= 15 is 0 Å². The van der Waals surface area contributed by atoms with Gasteiger partial charge in [0.1, 0.15) is 5.60 Å². The number of hydrogen-bond donors (Lipinski definition) is 2. The van der Waals surface area contributed by atoms with E-state index in [1.165, 1.54) is 0 Å². The molecule has 0 saturated heterocycles. The first kappa shape index (κ1) is 7.09. The second kappa shape index (κ2) is 2.31. The van der Waals surface area contributed by atoms with E-state index in [-0.39, 0.29) is 0 Å². The lowest BCUT2D eigenvalue weighted by Crippen LogP contribution is -2.18. The average molecular weight is 137 g/mol. The van der Waals surface area contributed by atoms with Crippen molar-refractivity contribution in [1.29, 1.82) is 0 Å². The first-order chi connectivity index (χ1) is 4.60. The quantitative estimate of drug-likeness (QED) is 0.516. The SMILES string of the molecule is CC1(O)C=CC=CC(N)=C1. The van der Waals surface area contributed by atoms with E-state index in [0.29, 0.717) is 5.70 Å². The molecule has 1 unspecified atom stereocenters. The van der Waals surface area contributed by atoms with Crippen molar-refractivity contribution in [3.8, 4) is 0 Å². The topological polar surface area (TPSA) is 46.2 Å². The lowest BCUT2D eigenvalue weighted by Gasteiger charge is -2.12. The molecule has 0 aromatic rings. The molecule has 0 saturated carbocycles. The Kier molecular flexibility index (Phi) is 1.64. The van der Waals surface area contributed by atoms with Crippen LogP contribution in [0.1, 0.15) is 6.92 Å². The molecule has 0 heterocycles. The van der Waals surface area contributed by atoms with Crippen LogP contribution in [-0.4, -0.2) is 10.7 Å². The van der Waals surface area contributed by atoms with Crippen molar-refractivity contribution < 1.29 is 5.11 Å². The smallest absolute Gasteiger partial charge is 0.101 e. The zero-order valence-electron chi connectivity index (χ0n) is 5.91. The molecular formula is C8H11NO. The number of nitrogens with two attached hydrogens (primary N) is 1. The van der Waals surface area contributed by atoms with Gasteiger partial charge in [0.25, 0.3) is 0 Å². The Morgan fingerprint density at radius 1 is 1.50 bits per heavy atom. The van der Waals surface area contributed by atoms with Crippen LogP contribution in [0, 0.1) is 0 Å². The predicted molar refractivity (Wildman–Crippen MR) is 41.2 cm³/mol. The Labute approximate surface area is 60.4 Å². The molecule has 10 heavy (non-hydrogen) atoms. The van der Waals surface area contributed by atoms with Crippen molar-refractivity contribution in [1.82, 2.24) is 0 Å². The summed E-state index contributed by atoms with van der Waals surface area (Å²) in [6.45, 7) is 1.68. The van der Waals surface area contributed by atoms with Gasteiger partial charge < -0.3 is 10.8 Å². The molecule has 2 heteroatoms. The molecule has 0 amide bonds. The van der Waals surface area contributed by atoms with Gasteiger partial charge in [0.2, 0.25) is 0 Å². The second-order valence-electron chi connectivity index (χ2n) is 2.59. The Morgan fingerprint density at radius 2 is 2.20 bits per heavy atom. The van der Waals surface area contributed by atoms with E-state index in [9.17, 15) is 5.11 Å². The highest BCUT2D eigenvalue weighted by Gasteiger charge is 2.12. The number of allylic oxidation sites excluding steroid dienone is 3. The van der Waals surface area contributed by atoms with Crippen LogP contribution in [-0.2, 0) is 0 Å². The minimum atomic E-state index is -0.895. The van der Waals surface area contributed by atoms with Crippen molar-refractivity contribution in [2.24, 2.45) is 5.73 Å². The van der Waals surface area contributed by atoms with Gasteiger partial charge in [0.05, 0.1) is 0 Å². The fraction of sp³-hybridized carbons (Fsp3) is 0.250. The van der Waals surface area contributed by atoms with Gasteiger partial charge in [0, 0.05) is 5.70 Å².